The quantitative estimate of drug-likeness (QED) is 0.799. The molecule has 0 aliphatic heterocycles. The highest BCUT2D eigenvalue weighted by molar-refractivity contribution is 5.28. The Labute approximate surface area is 109 Å². The van der Waals surface area contributed by atoms with Gasteiger partial charge in [-0.05, 0) is 37.6 Å². The lowest BCUT2D eigenvalue weighted by molar-refractivity contribution is 0.134. The highest BCUT2D eigenvalue weighted by Gasteiger charge is 2.37. The van der Waals surface area contributed by atoms with Gasteiger partial charge in [0.1, 0.15) is 5.75 Å². The van der Waals surface area contributed by atoms with Crippen molar-refractivity contribution < 1.29 is 4.74 Å². The lowest BCUT2D eigenvalue weighted by Gasteiger charge is -2.38. The largest absolute Gasteiger partial charge is 0.497 e. The monoisotopic (exact) mass is 244 g/mol. The Morgan fingerprint density at radius 3 is 2.78 bits per heavy atom. The van der Waals surface area contributed by atoms with Crippen LogP contribution in [0.5, 0.6) is 5.75 Å². The maximum Gasteiger partial charge on any atom is 0.119 e. The van der Waals surface area contributed by atoms with Gasteiger partial charge in [0.2, 0.25) is 0 Å². The SMILES string of the molecule is COc1cccc(CN(C)CC2(C#N)CCC2)c1. The minimum absolute atomic E-state index is 0.0897. The second-order valence-electron chi connectivity index (χ2n) is 5.27. The Morgan fingerprint density at radius 2 is 2.22 bits per heavy atom. The number of hydrogen-bond donors (Lipinski definition) is 0. The third-order valence-electron chi connectivity index (χ3n) is 3.71. The van der Waals surface area contributed by atoms with E-state index in [1.54, 1.807) is 7.11 Å². The standard InChI is InChI=1S/C15H20N2O/c1-17(12-15(11-16)7-4-8-15)10-13-5-3-6-14(9-13)18-2/h3,5-6,9H,4,7-8,10,12H2,1-2H3. The molecule has 0 bridgehead atoms. The predicted molar refractivity (Wildman–Crippen MR) is 71.2 cm³/mol. The maximum atomic E-state index is 9.24. The zero-order valence-corrected chi connectivity index (χ0v) is 11.1. The van der Waals surface area contributed by atoms with Crippen molar-refractivity contribution >= 4 is 0 Å². The Bertz CT molecular complexity index is 446. The van der Waals surface area contributed by atoms with Crippen LogP contribution in [-0.2, 0) is 6.54 Å². The summed E-state index contributed by atoms with van der Waals surface area (Å²) in [7, 11) is 3.76. The first kappa shape index (κ1) is 12.9. The summed E-state index contributed by atoms with van der Waals surface area (Å²) in [5.74, 6) is 0.888. The summed E-state index contributed by atoms with van der Waals surface area (Å²) < 4.78 is 5.22. The van der Waals surface area contributed by atoms with E-state index in [-0.39, 0.29) is 5.41 Å². The molecule has 0 saturated heterocycles. The second-order valence-corrected chi connectivity index (χ2v) is 5.27. The summed E-state index contributed by atoms with van der Waals surface area (Å²) in [6.07, 6.45) is 3.29. The van der Waals surface area contributed by atoms with E-state index in [4.69, 9.17) is 4.74 Å². The maximum absolute atomic E-state index is 9.24. The van der Waals surface area contributed by atoms with Crippen molar-refractivity contribution in [3.8, 4) is 11.8 Å². The summed E-state index contributed by atoms with van der Waals surface area (Å²) >= 11 is 0. The number of hydrogen-bond acceptors (Lipinski definition) is 3. The zero-order valence-electron chi connectivity index (χ0n) is 11.1. The smallest absolute Gasteiger partial charge is 0.119 e. The molecule has 0 atom stereocenters. The number of methoxy groups -OCH3 is 1. The van der Waals surface area contributed by atoms with Gasteiger partial charge in [-0.3, -0.25) is 0 Å². The molecule has 1 fully saturated rings. The van der Waals surface area contributed by atoms with Crippen molar-refractivity contribution in [3.05, 3.63) is 29.8 Å². The molecule has 0 heterocycles. The lowest BCUT2D eigenvalue weighted by Crippen LogP contribution is -2.39. The van der Waals surface area contributed by atoms with E-state index >= 15 is 0 Å². The first-order valence-corrected chi connectivity index (χ1v) is 6.40. The number of benzene rings is 1. The molecule has 3 nitrogen and oxygen atoms in total. The number of nitriles is 1. The van der Waals surface area contributed by atoms with Crippen molar-refractivity contribution in [2.75, 3.05) is 20.7 Å². The molecule has 0 amide bonds. The molecule has 2 rings (SSSR count). The van der Waals surface area contributed by atoms with Crippen LogP contribution < -0.4 is 4.74 Å². The van der Waals surface area contributed by atoms with E-state index < -0.39 is 0 Å². The van der Waals surface area contributed by atoms with Crippen LogP contribution in [0.4, 0.5) is 0 Å². The van der Waals surface area contributed by atoms with E-state index in [9.17, 15) is 5.26 Å². The molecule has 1 aromatic carbocycles. The van der Waals surface area contributed by atoms with Crippen molar-refractivity contribution in [1.82, 2.24) is 4.90 Å². The number of nitrogens with zero attached hydrogens (tertiary/aromatic N) is 2. The number of rotatable bonds is 5. The summed E-state index contributed by atoms with van der Waals surface area (Å²) in [6.45, 7) is 1.72. The van der Waals surface area contributed by atoms with Gasteiger partial charge in [-0.15, -0.1) is 0 Å². The molecule has 0 N–H and O–H groups in total. The van der Waals surface area contributed by atoms with Crippen LogP contribution in [0.3, 0.4) is 0 Å². The third-order valence-corrected chi connectivity index (χ3v) is 3.71. The van der Waals surface area contributed by atoms with Crippen molar-refractivity contribution in [2.24, 2.45) is 5.41 Å². The van der Waals surface area contributed by atoms with Crippen LogP contribution in [0.2, 0.25) is 0 Å². The van der Waals surface area contributed by atoms with Crippen LogP contribution >= 0.6 is 0 Å². The fourth-order valence-electron chi connectivity index (χ4n) is 2.56. The fraction of sp³-hybridized carbons (Fsp3) is 0.533. The van der Waals surface area contributed by atoms with Gasteiger partial charge in [0.15, 0.2) is 0 Å². The van der Waals surface area contributed by atoms with Gasteiger partial charge in [0.25, 0.3) is 0 Å². The van der Waals surface area contributed by atoms with E-state index in [0.29, 0.717) is 0 Å². The first-order valence-electron chi connectivity index (χ1n) is 6.40. The molecular weight excluding hydrogens is 224 g/mol. The minimum atomic E-state index is -0.0897. The first-order chi connectivity index (χ1) is 8.67. The predicted octanol–water partition coefficient (Wildman–Crippen LogP) is 2.82. The Balaban J connectivity index is 1.94. The van der Waals surface area contributed by atoms with Gasteiger partial charge >= 0.3 is 0 Å². The molecular formula is C15H20N2O. The lowest BCUT2D eigenvalue weighted by atomic mass is 9.69. The molecule has 0 radical (unpaired) electrons. The van der Waals surface area contributed by atoms with Crippen LogP contribution in [0.25, 0.3) is 0 Å². The summed E-state index contributed by atoms with van der Waals surface area (Å²) in [4.78, 5) is 2.23. The average molecular weight is 244 g/mol. The van der Waals surface area contributed by atoms with Crippen LogP contribution in [0.1, 0.15) is 24.8 Å². The average Bonchev–Trinajstić information content (AvgIpc) is 2.34. The Kier molecular flexibility index (Phi) is 3.88. The molecule has 1 aliphatic carbocycles. The van der Waals surface area contributed by atoms with Gasteiger partial charge in [0.05, 0.1) is 18.6 Å². The topological polar surface area (TPSA) is 36.3 Å². The van der Waals surface area contributed by atoms with E-state index in [1.807, 2.05) is 12.1 Å². The van der Waals surface area contributed by atoms with Gasteiger partial charge in [-0.25, -0.2) is 0 Å². The molecule has 0 unspecified atom stereocenters. The number of ether oxygens (including phenoxy) is 1. The van der Waals surface area contributed by atoms with E-state index in [0.717, 1.165) is 31.7 Å². The molecule has 3 heteroatoms. The van der Waals surface area contributed by atoms with Gasteiger partial charge in [-0.2, -0.15) is 5.26 Å². The third kappa shape index (κ3) is 2.83. The normalized spacial score (nSPS) is 17.0. The van der Waals surface area contributed by atoms with Gasteiger partial charge < -0.3 is 9.64 Å². The summed E-state index contributed by atoms with van der Waals surface area (Å²) in [6, 6.07) is 10.6. The van der Waals surface area contributed by atoms with Gasteiger partial charge in [0, 0.05) is 13.1 Å². The summed E-state index contributed by atoms with van der Waals surface area (Å²) in [5.41, 5.74) is 1.14. The minimum Gasteiger partial charge on any atom is -0.497 e. The zero-order chi connectivity index (χ0) is 13.0. The highest BCUT2D eigenvalue weighted by atomic mass is 16.5. The molecule has 1 aliphatic rings. The molecule has 96 valence electrons. The molecule has 0 aromatic heterocycles. The molecule has 1 aromatic rings. The second kappa shape index (κ2) is 5.41. The van der Waals surface area contributed by atoms with E-state index in [1.165, 1.54) is 12.0 Å². The van der Waals surface area contributed by atoms with Crippen molar-refractivity contribution in [3.63, 3.8) is 0 Å². The van der Waals surface area contributed by atoms with Gasteiger partial charge in [-0.1, -0.05) is 18.6 Å². The Hall–Kier alpha value is -1.53. The van der Waals surface area contributed by atoms with Crippen LogP contribution in [0, 0.1) is 16.7 Å². The van der Waals surface area contributed by atoms with Crippen LogP contribution in [-0.4, -0.2) is 25.6 Å². The van der Waals surface area contributed by atoms with Crippen molar-refractivity contribution in [1.29, 1.82) is 5.26 Å². The molecule has 0 spiro atoms. The molecule has 18 heavy (non-hydrogen) atoms. The highest BCUT2D eigenvalue weighted by Crippen LogP contribution is 2.40. The fourth-order valence-corrected chi connectivity index (χ4v) is 2.56. The summed E-state index contributed by atoms with van der Waals surface area (Å²) in [5, 5.41) is 9.24. The van der Waals surface area contributed by atoms with Crippen molar-refractivity contribution in [2.45, 2.75) is 25.8 Å². The Morgan fingerprint density at radius 1 is 1.44 bits per heavy atom. The van der Waals surface area contributed by atoms with Crippen LogP contribution in [0.15, 0.2) is 24.3 Å². The van der Waals surface area contributed by atoms with E-state index in [2.05, 4.69) is 30.1 Å². The molecule has 1 saturated carbocycles.